The second kappa shape index (κ2) is 8.79. The molecule has 1 N–H and O–H groups in total. The van der Waals surface area contributed by atoms with Gasteiger partial charge in [0.05, 0.1) is 29.1 Å². The number of ether oxygens (including phenoxy) is 1. The van der Waals surface area contributed by atoms with Gasteiger partial charge in [0.1, 0.15) is 5.75 Å². The fourth-order valence-corrected chi connectivity index (χ4v) is 4.00. The van der Waals surface area contributed by atoms with Gasteiger partial charge in [-0.15, -0.1) is 0 Å². The molecule has 3 aromatic rings. The molecule has 2 heterocycles. The summed E-state index contributed by atoms with van der Waals surface area (Å²) >= 11 is 6.33. The third-order valence-electron chi connectivity index (χ3n) is 5.32. The maximum absolute atomic E-state index is 13.2. The van der Waals surface area contributed by atoms with Crippen molar-refractivity contribution in [2.75, 3.05) is 37.7 Å². The summed E-state index contributed by atoms with van der Waals surface area (Å²) in [6, 6.07) is 14.0. The first-order valence-electron chi connectivity index (χ1n) is 10.1. The molecule has 1 aromatic heterocycles. The zero-order valence-electron chi connectivity index (χ0n) is 17.2. The smallest absolute Gasteiger partial charge is 0.257 e. The van der Waals surface area contributed by atoms with Crippen LogP contribution in [0.4, 0.5) is 5.69 Å². The van der Waals surface area contributed by atoms with E-state index < -0.39 is 0 Å². The number of rotatable bonds is 5. The topological polar surface area (TPSA) is 61.5 Å². The monoisotopic (exact) mass is 424 g/mol. The van der Waals surface area contributed by atoms with Crippen molar-refractivity contribution < 1.29 is 9.53 Å². The van der Waals surface area contributed by atoms with E-state index >= 15 is 0 Å². The first-order chi connectivity index (χ1) is 14.6. The molecule has 0 unspecified atom stereocenters. The molecular weight excluding hydrogens is 400 g/mol. The van der Waals surface area contributed by atoms with Crippen LogP contribution in [0.5, 0.6) is 5.75 Å². The Morgan fingerprint density at radius 2 is 1.97 bits per heavy atom. The number of aryl methyl sites for hydroxylation is 1. The van der Waals surface area contributed by atoms with E-state index in [-0.39, 0.29) is 5.91 Å². The molecule has 156 valence electrons. The highest BCUT2D eigenvalue weighted by molar-refractivity contribution is 6.32. The van der Waals surface area contributed by atoms with E-state index in [0.29, 0.717) is 41.7 Å². The standard InChI is InChI=1S/C23H25ClN4O2/c1-3-30-21-8-7-17(14-20(21)24)22-19(15-25-26-22)23(29)28-11-9-27(10-12-28)18-6-4-5-16(2)13-18/h4-8,13-15H,3,9-12H2,1-2H3,(H,25,26). The lowest BCUT2D eigenvalue weighted by molar-refractivity contribution is 0.0747. The Morgan fingerprint density at radius 3 is 2.67 bits per heavy atom. The van der Waals surface area contributed by atoms with Gasteiger partial charge in [0, 0.05) is 37.4 Å². The molecule has 6 nitrogen and oxygen atoms in total. The normalized spacial score (nSPS) is 14.1. The van der Waals surface area contributed by atoms with Crippen LogP contribution in [-0.2, 0) is 0 Å². The number of nitrogens with zero attached hydrogens (tertiary/aromatic N) is 3. The van der Waals surface area contributed by atoms with Crippen molar-refractivity contribution in [3.63, 3.8) is 0 Å². The molecule has 1 aliphatic rings. The van der Waals surface area contributed by atoms with Crippen molar-refractivity contribution in [2.45, 2.75) is 13.8 Å². The Labute approximate surface area is 181 Å². The van der Waals surface area contributed by atoms with E-state index in [1.54, 1.807) is 12.3 Å². The van der Waals surface area contributed by atoms with Crippen molar-refractivity contribution in [1.29, 1.82) is 0 Å². The number of aromatic nitrogens is 2. The van der Waals surface area contributed by atoms with E-state index in [0.717, 1.165) is 18.7 Å². The largest absolute Gasteiger partial charge is 0.492 e. The summed E-state index contributed by atoms with van der Waals surface area (Å²) < 4.78 is 5.50. The van der Waals surface area contributed by atoms with Gasteiger partial charge < -0.3 is 14.5 Å². The van der Waals surface area contributed by atoms with Gasteiger partial charge in [0.15, 0.2) is 0 Å². The minimum atomic E-state index is -0.0207. The van der Waals surface area contributed by atoms with Crippen LogP contribution in [0.1, 0.15) is 22.8 Å². The number of benzene rings is 2. The van der Waals surface area contributed by atoms with Gasteiger partial charge in [0.25, 0.3) is 5.91 Å². The average molecular weight is 425 g/mol. The van der Waals surface area contributed by atoms with Crippen LogP contribution < -0.4 is 9.64 Å². The van der Waals surface area contributed by atoms with Crippen LogP contribution in [0, 0.1) is 6.92 Å². The number of aromatic amines is 1. The lowest BCUT2D eigenvalue weighted by Crippen LogP contribution is -2.48. The number of anilines is 1. The summed E-state index contributed by atoms with van der Waals surface area (Å²) in [7, 11) is 0. The summed E-state index contributed by atoms with van der Waals surface area (Å²) in [5.41, 5.74) is 4.48. The molecule has 0 atom stereocenters. The van der Waals surface area contributed by atoms with Gasteiger partial charge in [0.2, 0.25) is 0 Å². The highest BCUT2D eigenvalue weighted by Crippen LogP contribution is 2.31. The van der Waals surface area contributed by atoms with Crippen LogP contribution in [0.25, 0.3) is 11.3 Å². The average Bonchev–Trinajstić information content (AvgIpc) is 3.25. The third-order valence-corrected chi connectivity index (χ3v) is 5.62. The number of carbonyl (C=O) groups excluding carboxylic acids is 1. The predicted octanol–water partition coefficient (Wildman–Crippen LogP) is 4.40. The number of hydrogen-bond acceptors (Lipinski definition) is 4. The molecule has 7 heteroatoms. The molecule has 1 aliphatic heterocycles. The van der Waals surface area contributed by atoms with Crippen molar-refractivity contribution >= 4 is 23.2 Å². The zero-order valence-corrected chi connectivity index (χ0v) is 17.9. The molecule has 0 bridgehead atoms. The van der Waals surface area contributed by atoms with Crippen LogP contribution in [0.3, 0.4) is 0 Å². The Morgan fingerprint density at radius 1 is 1.17 bits per heavy atom. The fraction of sp³-hybridized carbons (Fsp3) is 0.304. The van der Waals surface area contributed by atoms with Crippen LogP contribution in [0.2, 0.25) is 5.02 Å². The number of amides is 1. The lowest BCUT2D eigenvalue weighted by atomic mass is 10.1. The highest BCUT2D eigenvalue weighted by atomic mass is 35.5. The molecule has 2 aromatic carbocycles. The molecule has 0 aliphatic carbocycles. The molecular formula is C23H25ClN4O2. The maximum atomic E-state index is 13.2. The minimum absolute atomic E-state index is 0.0207. The van der Waals surface area contributed by atoms with E-state index in [2.05, 4.69) is 46.3 Å². The van der Waals surface area contributed by atoms with E-state index in [1.807, 2.05) is 24.0 Å². The summed E-state index contributed by atoms with van der Waals surface area (Å²) in [5.74, 6) is 0.607. The van der Waals surface area contributed by atoms with Gasteiger partial charge in [-0.1, -0.05) is 23.7 Å². The van der Waals surface area contributed by atoms with Crippen LogP contribution >= 0.6 is 11.6 Å². The predicted molar refractivity (Wildman–Crippen MR) is 119 cm³/mol. The van der Waals surface area contributed by atoms with E-state index in [1.165, 1.54) is 11.3 Å². The Bertz CT molecular complexity index is 1040. The lowest BCUT2D eigenvalue weighted by Gasteiger charge is -2.36. The molecule has 1 amide bonds. The van der Waals surface area contributed by atoms with E-state index in [9.17, 15) is 4.79 Å². The molecule has 1 saturated heterocycles. The van der Waals surface area contributed by atoms with Crippen molar-refractivity contribution in [2.24, 2.45) is 0 Å². The summed E-state index contributed by atoms with van der Waals surface area (Å²) in [6.07, 6.45) is 1.59. The number of hydrogen-bond donors (Lipinski definition) is 1. The highest BCUT2D eigenvalue weighted by Gasteiger charge is 2.25. The summed E-state index contributed by atoms with van der Waals surface area (Å²) in [5, 5.41) is 7.58. The van der Waals surface area contributed by atoms with Gasteiger partial charge in [-0.2, -0.15) is 5.10 Å². The number of nitrogens with one attached hydrogen (secondary N) is 1. The first-order valence-corrected chi connectivity index (χ1v) is 10.5. The van der Waals surface area contributed by atoms with Gasteiger partial charge in [-0.3, -0.25) is 9.89 Å². The fourth-order valence-electron chi connectivity index (χ4n) is 3.76. The maximum Gasteiger partial charge on any atom is 0.257 e. The molecule has 4 rings (SSSR count). The Balaban J connectivity index is 1.48. The molecule has 0 saturated carbocycles. The van der Waals surface area contributed by atoms with Crippen molar-refractivity contribution in [3.8, 4) is 17.0 Å². The Kier molecular flexibility index (Phi) is 5.95. The summed E-state index contributed by atoms with van der Waals surface area (Å²) in [4.78, 5) is 17.4. The van der Waals surface area contributed by atoms with Gasteiger partial charge >= 0.3 is 0 Å². The number of piperazine rings is 1. The Hall–Kier alpha value is -2.99. The molecule has 0 radical (unpaired) electrons. The first kappa shape index (κ1) is 20.3. The minimum Gasteiger partial charge on any atom is -0.492 e. The molecule has 30 heavy (non-hydrogen) atoms. The quantitative estimate of drug-likeness (QED) is 0.659. The van der Waals surface area contributed by atoms with Crippen molar-refractivity contribution in [1.82, 2.24) is 15.1 Å². The third kappa shape index (κ3) is 4.14. The number of halogens is 1. The van der Waals surface area contributed by atoms with E-state index in [4.69, 9.17) is 16.3 Å². The van der Waals surface area contributed by atoms with Crippen LogP contribution in [0.15, 0.2) is 48.7 Å². The second-order valence-corrected chi connectivity index (χ2v) is 7.76. The zero-order chi connectivity index (χ0) is 21.1. The van der Waals surface area contributed by atoms with Gasteiger partial charge in [-0.05, 0) is 49.7 Å². The summed E-state index contributed by atoms with van der Waals surface area (Å²) in [6.45, 7) is 7.49. The second-order valence-electron chi connectivity index (χ2n) is 7.36. The number of H-pyrrole nitrogens is 1. The number of carbonyl (C=O) groups is 1. The molecule has 1 fully saturated rings. The van der Waals surface area contributed by atoms with Crippen molar-refractivity contribution in [3.05, 3.63) is 64.8 Å². The van der Waals surface area contributed by atoms with Crippen LogP contribution in [-0.4, -0.2) is 53.8 Å². The molecule has 0 spiro atoms. The van der Waals surface area contributed by atoms with Gasteiger partial charge in [-0.25, -0.2) is 0 Å². The SMILES string of the molecule is CCOc1ccc(-c2[nH]ncc2C(=O)N2CCN(c3cccc(C)c3)CC2)cc1Cl.